The minimum Gasteiger partial charge on any atom is -0.384 e. The van der Waals surface area contributed by atoms with E-state index in [0.29, 0.717) is 21.8 Å². The number of halogens is 2. The third kappa shape index (κ3) is 6.17. The summed E-state index contributed by atoms with van der Waals surface area (Å²) in [6, 6.07) is 15.5. The predicted octanol–water partition coefficient (Wildman–Crippen LogP) is 3.71. The van der Waals surface area contributed by atoms with Crippen LogP contribution in [-0.4, -0.2) is 16.1 Å². The van der Waals surface area contributed by atoms with Crippen molar-refractivity contribution in [3.05, 3.63) is 89.5 Å². The van der Waals surface area contributed by atoms with Crippen molar-refractivity contribution < 1.29 is 17.8 Å². The van der Waals surface area contributed by atoms with Gasteiger partial charge in [0.15, 0.2) is 0 Å². The van der Waals surface area contributed by atoms with E-state index in [-0.39, 0.29) is 17.9 Å². The predicted molar refractivity (Wildman–Crippen MR) is 116 cm³/mol. The number of carbonyl (C=O) groups is 1. The third-order valence-corrected chi connectivity index (χ3v) is 5.30. The van der Waals surface area contributed by atoms with Crippen LogP contribution in [0, 0.1) is 17.0 Å². The van der Waals surface area contributed by atoms with Crippen LogP contribution in [0.1, 0.15) is 11.1 Å². The largest absolute Gasteiger partial charge is 0.384 e. The fourth-order valence-electron chi connectivity index (χ4n) is 2.58. The summed E-state index contributed by atoms with van der Waals surface area (Å²) in [6.07, 6.45) is 0. The molecule has 0 aliphatic heterocycles. The number of hydrogen-bond donors (Lipinski definition) is 5. The lowest BCUT2D eigenvalue weighted by atomic mass is 10.2. The Hall–Kier alpha value is -3.63. The van der Waals surface area contributed by atoms with Gasteiger partial charge in [0.25, 0.3) is 0 Å². The van der Waals surface area contributed by atoms with Crippen LogP contribution in [-0.2, 0) is 17.5 Å². The van der Waals surface area contributed by atoms with Crippen LogP contribution in [0.5, 0.6) is 0 Å². The van der Waals surface area contributed by atoms with Crippen molar-refractivity contribution in [3.63, 3.8) is 0 Å². The van der Waals surface area contributed by atoms with Gasteiger partial charge in [0, 0.05) is 35.1 Å². The van der Waals surface area contributed by atoms with Gasteiger partial charge < -0.3 is 16.4 Å². The van der Waals surface area contributed by atoms with E-state index in [0.717, 1.165) is 12.1 Å². The van der Waals surface area contributed by atoms with Crippen molar-refractivity contribution in [1.29, 1.82) is 5.41 Å². The zero-order chi connectivity index (χ0) is 22.4. The molecule has 10 heteroatoms. The molecule has 0 fully saturated rings. The molecule has 1 atom stereocenters. The maximum absolute atomic E-state index is 13.6. The molecule has 160 valence electrons. The topological polar surface area (TPSA) is 120 Å². The molecular formula is C21H19F2N5O2S. The third-order valence-electron chi connectivity index (χ3n) is 4.19. The van der Waals surface area contributed by atoms with Crippen molar-refractivity contribution in [3.8, 4) is 0 Å². The fraction of sp³-hybridized carbons (Fsp3) is 0.0476. The average Bonchev–Trinajstić information content (AvgIpc) is 2.73. The van der Waals surface area contributed by atoms with E-state index in [4.69, 9.17) is 11.1 Å². The maximum Gasteiger partial charge on any atom is 0.323 e. The molecule has 0 aromatic heterocycles. The number of nitrogens with one attached hydrogen (secondary N) is 4. The normalized spacial score (nSPS) is 11.5. The summed E-state index contributed by atoms with van der Waals surface area (Å²) in [5.74, 6) is -1.46. The molecule has 0 saturated carbocycles. The highest BCUT2D eigenvalue weighted by atomic mass is 32.2. The summed E-state index contributed by atoms with van der Waals surface area (Å²) in [7, 11) is -1.62. The number of benzene rings is 3. The van der Waals surface area contributed by atoms with Crippen molar-refractivity contribution in [1.82, 2.24) is 4.72 Å². The van der Waals surface area contributed by atoms with Gasteiger partial charge in [-0.1, -0.05) is 6.07 Å². The molecule has 0 heterocycles. The molecule has 0 spiro atoms. The Kier molecular flexibility index (Phi) is 7.06. The molecule has 0 radical (unpaired) electrons. The molecule has 0 aliphatic rings. The number of carbonyl (C=O) groups excluding carboxylic acids is 1. The number of nitrogen functional groups attached to an aromatic ring is 1. The number of anilines is 2. The van der Waals surface area contributed by atoms with Crippen molar-refractivity contribution in [2.45, 2.75) is 11.4 Å². The van der Waals surface area contributed by atoms with Crippen molar-refractivity contribution >= 4 is 34.2 Å². The molecule has 3 aromatic carbocycles. The van der Waals surface area contributed by atoms with Crippen molar-refractivity contribution in [2.75, 3.05) is 10.6 Å². The summed E-state index contributed by atoms with van der Waals surface area (Å²) in [5, 5.41) is 12.6. The molecule has 2 amide bonds. The Bertz CT molecular complexity index is 1120. The van der Waals surface area contributed by atoms with Crippen LogP contribution >= 0.6 is 0 Å². The van der Waals surface area contributed by atoms with E-state index >= 15 is 0 Å². The number of amidine groups is 1. The molecule has 31 heavy (non-hydrogen) atoms. The molecule has 6 N–H and O–H groups in total. The minimum atomic E-state index is -1.62. The highest BCUT2D eigenvalue weighted by Crippen LogP contribution is 2.15. The van der Waals surface area contributed by atoms with Gasteiger partial charge in [0.1, 0.15) is 28.5 Å². The lowest BCUT2D eigenvalue weighted by Crippen LogP contribution is -2.20. The Morgan fingerprint density at radius 1 is 0.935 bits per heavy atom. The molecule has 0 aliphatic carbocycles. The van der Waals surface area contributed by atoms with Gasteiger partial charge in [0.2, 0.25) is 0 Å². The summed E-state index contributed by atoms with van der Waals surface area (Å²) in [5.41, 5.74) is 7.13. The molecule has 3 rings (SSSR count). The maximum atomic E-state index is 13.6. The summed E-state index contributed by atoms with van der Waals surface area (Å²) in [6.45, 7) is -0.0381. The Labute approximate surface area is 179 Å². The average molecular weight is 443 g/mol. The fourth-order valence-corrected chi connectivity index (χ4v) is 3.42. The first-order valence-electron chi connectivity index (χ1n) is 9.03. The highest BCUT2D eigenvalue weighted by molar-refractivity contribution is 7.83. The van der Waals surface area contributed by atoms with Crippen molar-refractivity contribution in [2.24, 2.45) is 5.73 Å². The second-order valence-corrected chi connectivity index (χ2v) is 7.72. The van der Waals surface area contributed by atoms with E-state index < -0.39 is 28.7 Å². The van der Waals surface area contributed by atoms with Crippen LogP contribution in [0.4, 0.5) is 25.0 Å². The first-order valence-corrected chi connectivity index (χ1v) is 10.2. The van der Waals surface area contributed by atoms with E-state index in [1.165, 1.54) is 6.07 Å². The molecular weight excluding hydrogens is 424 g/mol. The van der Waals surface area contributed by atoms with Gasteiger partial charge >= 0.3 is 6.03 Å². The van der Waals surface area contributed by atoms with Crippen LogP contribution in [0.3, 0.4) is 0 Å². The highest BCUT2D eigenvalue weighted by Gasteiger charge is 2.09. The van der Waals surface area contributed by atoms with E-state index in [1.807, 2.05) is 0 Å². The monoisotopic (exact) mass is 443 g/mol. The van der Waals surface area contributed by atoms with E-state index in [9.17, 15) is 17.8 Å². The molecule has 7 nitrogen and oxygen atoms in total. The summed E-state index contributed by atoms with van der Waals surface area (Å²) in [4.78, 5) is 12.5. The van der Waals surface area contributed by atoms with Crippen LogP contribution < -0.4 is 21.1 Å². The second kappa shape index (κ2) is 9.92. The number of urea groups is 1. The van der Waals surface area contributed by atoms with Gasteiger partial charge in [-0.25, -0.2) is 22.5 Å². The van der Waals surface area contributed by atoms with Gasteiger partial charge in [-0.05, 0) is 54.6 Å². The molecule has 0 saturated heterocycles. The van der Waals surface area contributed by atoms with Crippen LogP contribution in [0.2, 0.25) is 0 Å². The lowest BCUT2D eigenvalue weighted by molar-refractivity contribution is 0.262. The van der Waals surface area contributed by atoms with Gasteiger partial charge in [-0.15, -0.1) is 0 Å². The minimum absolute atomic E-state index is 0.0381. The quantitative estimate of drug-likeness (QED) is 0.283. The van der Waals surface area contributed by atoms with Gasteiger partial charge in [-0.3, -0.25) is 5.41 Å². The lowest BCUT2D eigenvalue weighted by Gasteiger charge is -2.09. The SMILES string of the molecule is N=C(N)c1ccc(NC(=O)Nc2ccc(S(=O)NCc3ccc(F)cc3F)cc2)cc1. The number of hydrogen-bond acceptors (Lipinski definition) is 3. The first-order chi connectivity index (χ1) is 14.8. The Morgan fingerprint density at radius 3 is 2.06 bits per heavy atom. The summed E-state index contributed by atoms with van der Waals surface area (Å²) >= 11 is 0. The molecule has 1 unspecified atom stereocenters. The number of nitrogens with two attached hydrogens (primary N) is 1. The number of rotatable bonds is 7. The Balaban J connectivity index is 1.53. The van der Waals surface area contributed by atoms with E-state index in [2.05, 4.69) is 15.4 Å². The molecule has 3 aromatic rings. The van der Waals surface area contributed by atoms with Gasteiger partial charge in [-0.2, -0.15) is 0 Å². The van der Waals surface area contributed by atoms with Crippen LogP contribution in [0.25, 0.3) is 0 Å². The van der Waals surface area contributed by atoms with Gasteiger partial charge in [0.05, 0.1) is 4.90 Å². The first kappa shape index (κ1) is 22.1. The molecule has 0 bridgehead atoms. The zero-order valence-electron chi connectivity index (χ0n) is 16.1. The summed E-state index contributed by atoms with van der Waals surface area (Å²) < 4.78 is 41.6. The Morgan fingerprint density at radius 2 is 1.52 bits per heavy atom. The number of amides is 2. The van der Waals surface area contributed by atoms with Crippen LogP contribution in [0.15, 0.2) is 71.6 Å². The zero-order valence-corrected chi connectivity index (χ0v) is 16.9. The smallest absolute Gasteiger partial charge is 0.323 e. The standard InChI is InChI=1S/C21H19F2N5O2S/c22-15-4-1-14(19(23)11-15)12-26-31(30)18-9-7-17(8-10-18)28-21(29)27-16-5-2-13(3-6-16)20(24)25/h1-11,26H,12H2,(H3,24,25)(H2,27,28,29). The van der Waals surface area contributed by atoms with E-state index in [1.54, 1.807) is 48.5 Å². The second-order valence-electron chi connectivity index (χ2n) is 6.42.